The van der Waals surface area contributed by atoms with Crippen molar-refractivity contribution in [3.63, 3.8) is 0 Å². The van der Waals surface area contributed by atoms with E-state index in [0.29, 0.717) is 15.2 Å². The first-order valence-corrected chi connectivity index (χ1v) is 4.44. The van der Waals surface area contributed by atoms with Gasteiger partial charge in [0.05, 0.1) is 5.39 Å². The quantitative estimate of drug-likeness (QED) is 0.756. The maximum absolute atomic E-state index is 12.9. The monoisotopic (exact) mass is 241 g/mol. The van der Waals surface area contributed by atoms with Crippen LogP contribution in [-0.4, -0.2) is 4.98 Å². The predicted molar refractivity (Wildman–Crippen MR) is 52.2 cm³/mol. The highest BCUT2D eigenvalue weighted by Gasteiger charge is 2.04. The molecule has 2 aromatic rings. The van der Waals surface area contributed by atoms with Crippen LogP contribution in [0.1, 0.15) is 0 Å². The number of nitrogens with one attached hydrogen (secondary N) is 1. The zero-order valence-electron chi connectivity index (χ0n) is 6.47. The summed E-state index contributed by atoms with van der Waals surface area (Å²) in [6.45, 7) is 0. The van der Waals surface area contributed by atoms with Gasteiger partial charge in [-0.15, -0.1) is 0 Å². The van der Waals surface area contributed by atoms with E-state index in [1.54, 1.807) is 6.07 Å². The molecule has 0 aliphatic carbocycles. The lowest BCUT2D eigenvalue weighted by Crippen LogP contribution is -2.05. The Balaban J connectivity index is 3.03. The molecule has 0 saturated heterocycles. The molecule has 1 aromatic carbocycles. The van der Waals surface area contributed by atoms with E-state index in [1.807, 2.05) is 0 Å². The van der Waals surface area contributed by atoms with Crippen LogP contribution in [0.5, 0.6) is 0 Å². The van der Waals surface area contributed by atoms with Crippen molar-refractivity contribution in [3.05, 3.63) is 45.0 Å². The average Bonchev–Trinajstić information content (AvgIpc) is 2.02. The summed E-state index contributed by atoms with van der Waals surface area (Å²) in [5.41, 5.74) is -0.218. The van der Waals surface area contributed by atoms with Gasteiger partial charge in [0.1, 0.15) is 5.82 Å². The first kappa shape index (κ1) is 8.44. The van der Waals surface area contributed by atoms with Crippen LogP contribution in [0.15, 0.2) is 33.7 Å². The van der Waals surface area contributed by atoms with Gasteiger partial charge in [-0.2, -0.15) is 0 Å². The minimum Gasteiger partial charge on any atom is -0.329 e. The summed E-state index contributed by atoms with van der Waals surface area (Å²) >= 11 is 3.14. The first-order chi connectivity index (χ1) is 6.18. The average molecular weight is 242 g/mol. The summed E-state index contributed by atoms with van der Waals surface area (Å²) in [5.74, 6) is -0.357. The molecule has 2 rings (SSSR count). The summed E-state index contributed by atoms with van der Waals surface area (Å²) in [6.07, 6.45) is 1.50. The van der Waals surface area contributed by atoms with Crippen molar-refractivity contribution < 1.29 is 4.39 Å². The largest absolute Gasteiger partial charge is 0.329 e. The van der Waals surface area contributed by atoms with Crippen molar-refractivity contribution >= 4 is 26.7 Å². The molecule has 1 heterocycles. The van der Waals surface area contributed by atoms with Crippen LogP contribution in [0, 0.1) is 5.82 Å². The number of fused-ring (bicyclic) bond motifs is 1. The van der Waals surface area contributed by atoms with Gasteiger partial charge in [-0.1, -0.05) is 0 Å². The van der Waals surface area contributed by atoms with Crippen LogP contribution >= 0.6 is 15.9 Å². The molecule has 4 heteroatoms. The SMILES string of the molecule is O=c1[nH]ccc2cc(F)cc(Br)c12. The molecule has 0 aliphatic rings. The van der Waals surface area contributed by atoms with E-state index >= 15 is 0 Å². The smallest absolute Gasteiger partial charge is 0.256 e. The molecule has 0 unspecified atom stereocenters. The van der Waals surface area contributed by atoms with Crippen molar-refractivity contribution in [1.29, 1.82) is 0 Å². The van der Waals surface area contributed by atoms with Crippen molar-refractivity contribution in [1.82, 2.24) is 4.98 Å². The third-order valence-corrected chi connectivity index (χ3v) is 2.42. The summed E-state index contributed by atoms with van der Waals surface area (Å²) in [4.78, 5) is 13.8. The number of hydrogen-bond donors (Lipinski definition) is 1. The molecule has 0 amide bonds. The third-order valence-electron chi connectivity index (χ3n) is 1.79. The van der Waals surface area contributed by atoms with Gasteiger partial charge in [-0.25, -0.2) is 4.39 Å². The Kier molecular flexibility index (Phi) is 1.92. The first-order valence-electron chi connectivity index (χ1n) is 3.65. The van der Waals surface area contributed by atoms with Gasteiger partial charge in [0.15, 0.2) is 0 Å². The highest BCUT2D eigenvalue weighted by molar-refractivity contribution is 9.10. The van der Waals surface area contributed by atoms with Crippen LogP contribution in [-0.2, 0) is 0 Å². The number of halogens is 2. The highest BCUT2D eigenvalue weighted by atomic mass is 79.9. The zero-order valence-corrected chi connectivity index (χ0v) is 8.06. The molecule has 0 saturated carbocycles. The Morgan fingerprint density at radius 1 is 1.38 bits per heavy atom. The normalized spacial score (nSPS) is 10.6. The van der Waals surface area contributed by atoms with E-state index < -0.39 is 0 Å². The second-order valence-electron chi connectivity index (χ2n) is 2.66. The van der Waals surface area contributed by atoms with Crippen LogP contribution in [0.4, 0.5) is 4.39 Å². The van der Waals surface area contributed by atoms with Gasteiger partial charge in [-0.3, -0.25) is 4.79 Å². The topological polar surface area (TPSA) is 32.9 Å². The van der Waals surface area contributed by atoms with Crippen molar-refractivity contribution in [2.75, 3.05) is 0 Å². The van der Waals surface area contributed by atoms with Crippen LogP contribution in [0.25, 0.3) is 10.8 Å². The summed E-state index contributed by atoms with van der Waals surface area (Å²) < 4.78 is 13.4. The summed E-state index contributed by atoms with van der Waals surface area (Å²) in [7, 11) is 0. The number of benzene rings is 1. The Bertz CT molecular complexity index is 520. The molecule has 0 radical (unpaired) electrons. The number of aromatic amines is 1. The number of hydrogen-bond acceptors (Lipinski definition) is 1. The number of rotatable bonds is 0. The second kappa shape index (κ2) is 2.96. The minimum atomic E-state index is -0.357. The minimum absolute atomic E-state index is 0.218. The van der Waals surface area contributed by atoms with Crippen molar-refractivity contribution in [2.45, 2.75) is 0 Å². The molecular formula is C9H5BrFNO. The lowest BCUT2D eigenvalue weighted by atomic mass is 10.2. The molecule has 66 valence electrons. The van der Waals surface area contributed by atoms with Gasteiger partial charge in [0, 0.05) is 10.7 Å². The van der Waals surface area contributed by atoms with E-state index in [1.165, 1.54) is 18.3 Å². The van der Waals surface area contributed by atoms with E-state index in [4.69, 9.17) is 0 Å². The van der Waals surface area contributed by atoms with E-state index in [0.717, 1.165) is 0 Å². The van der Waals surface area contributed by atoms with Gasteiger partial charge in [-0.05, 0) is 39.5 Å². The van der Waals surface area contributed by atoms with E-state index in [-0.39, 0.29) is 11.4 Å². The Morgan fingerprint density at radius 3 is 2.92 bits per heavy atom. The van der Waals surface area contributed by atoms with Gasteiger partial charge < -0.3 is 4.98 Å². The van der Waals surface area contributed by atoms with Gasteiger partial charge >= 0.3 is 0 Å². The fourth-order valence-corrected chi connectivity index (χ4v) is 1.87. The van der Waals surface area contributed by atoms with Crippen molar-refractivity contribution in [2.24, 2.45) is 0 Å². The molecule has 1 N–H and O–H groups in total. The van der Waals surface area contributed by atoms with Crippen LogP contribution in [0.3, 0.4) is 0 Å². The lowest BCUT2D eigenvalue weighted by molar-refractivity contribution is 0.629. The fraction of sp³-hybridized carbons (Fsp3) is 0. The fourth-order valence-electron chi connectivity index (χ4n) is 1.24. The highest BCUT2D eigenvalue weighted by Crippen LogP contribution is 2.21. The van der Waals surface area contributed by atoms with Gasteiger partial charge in [0.2, 0.25) is 0 Å². The molecule has 0 bridgehead atoms. The maximum atomic E-state index is 12.9. The van der Waals surface area contributed by atoms with Gasteiger partial charge in [0.25, 0.3) is 5.56 Å². The molecule has 2 nitrogen and oxygen atoms in total. The van der Waals surface area contributed by atoms with E-state index in [9.17, 15) is 9.18 Å². The van der Waals surface area contributed by atoms with Crippen LogP contribution < -0.4 is 5.56 Å². The number of H-pyrrole nitrogens is 1. The number of pyridine rings is 1. The predicted octanol–water partition coefficient (Wildman–Crippen LogP) is 2.43. The van der Waals surface area contributed by atoms with Crippen LogP contribution in [0.2, 0.25) is 0 Å². The second-order valence-corrected chi connectivity index (χ2v) is 3.51. The standard InChI is InChI=1S/C9H5BrFNO/c10-7-4-6(11)3-5-1-2-12-9(13)8(5)7/h1-4H,(H,12,13). The van der Waals surface area contributed by atoms with Crippen molar-refractivity contribution in [3.8, 4) is 0 Å². The molecular weight excluding hydrogens is 237 g/mol. The molecule has 1 aromatic heterocycles. The molecule has 13 heavy (non-hydrogen) atoms. The van der Waals surface area contributed by atoms with E-state index in [2.05, 4.69) is 20.9 Å². The Morgan fingerprint density at radius 2 is 2.15 bits per heavy atom. The Labute approximate surface area is 81.5 Å². The maximum Gasteiger partial charge on any atom is 0.256 e. The molecule has 0 aliphatic heterocycles. The molecule has 0 atom stereocenters. The lowest BCUT2D eigenvalue weighted by Gasteiger charge is -1.98. The summed E-state index contributed by atoms with van der Waals surface area (Å²) in [5, 5.41) is 1.07. The third kappa shape index (κ3) is 1.37. The zero-order chi connectivity index (χ0) is 9.42. The Hall–Kier alpha value is -1.16. The summed E-state index contributed by atoms with van der Waals surface area (Å²) in [6, 6.07) is 4.26. The molecule has 0 spiro atoms. The number of aromatic nitrogens is 1. The molecule has 0 fully saturated rings.